The summed E-state index contributed by atoms with van der Waals surface area (Å²) in [5.41, 5.74) is 1.76. The zero-order valence-electron chi connectivity index (χ0n) is 18.1. The number of aromatic nitrogens is 1. The Hall–Kier alpha value is -1.61. The average molecular weight is 530 g/mol. The van der Waals surface area contributed by atoms with E-state index in [0.29, 0.717) is 16.6 Å². The Bertz CT molecular complexity index is 1190. The van der Waals surface area contributed by atoms with E-state index in [2.05, 4.69) is 19.5 Å². The monoisotopic (exact) mass is 528 g/mol. The van der Waals surface area contributed by atoms with E-state index in [1.54, 1.807) is 12.1 Å². The molecule has 1 N–H and O–H groups in total. The van der Waals surface area contributed by atoms with Gasteiger partial charge in [-0.05, 0) is 43.7 Å². The van der Waals surface area contributed by atoms with Crippen molar-refractivity contribution in [1.29, 1.82) is 0 Å². The van der Waals surface area contributed by atoms with Crippen LogP contribution in [-0.2, 0) is 10.0 Å². The van der Waals surface area contributed by atoms with Crippen LogP contribution in [0.5, 0.6) is 0 Å². The van der Waals surface area contributed by atoms with Gasteiger partial charge in [0.05, 0.1) is 21.2 Å². The van der Waals surface area contributed by atoms with Gasteiger partial charge in [0.1, 0.15) is 4.90 Å². The van der Waals surface area contributed by atoms with Crippen molar-refractivity contribution in [2.75, 3.05) is 44.2 Å². The number of nitrogens with zero attached hydrogens (tertiary/aromatic N) is 3. The molecule has 0 aliphatic carbocycles. The van der Waals surface area contributed by atoms with Gasteiger partial charge in [-0.2, -0.15) is 0 Å². The second-order valence-electron chi connectivity index (χ2n) is 7.87. The van der Waals surface area contributed by atoms with E-state index in [1.807, 2.05) is 36.4 Å². The summed E-state index contributed by atoms with van der Waals surface area (Å²) < 4.78 is 27.8. The van der Waals surface area contributed by atoms with Gasteiger partial charge in [0.15, 0.2) is 0 Å². The topological polar surface area (TPSA) is 65.5 Å². The molecule has 0 amide bonds. The maximum Gasteiger partial charge on any atom is 0.242 e. The molecule has 33 heavy (non-hydrogen) atoms. The number of anilines is 1. The van der Waals surface area contributed by atoms with E-state index in [-0.39, 0.29) is 17.3 Å². The molecule has 10 heteroatoms. The fourth-order valence-electron chi connectivity index (χ4n) is 3.90. The highest BCUT2D eigenvalue weighted by Crippen LogP contribution is 2.32. The number of para-hydroxylation sites is 1. The number of unbranched alkanes of at least 4 members (excludes halogenated alkanes) is 1. The molecule has 6 nitrogen and oxygen atoms in total. The molecule has 0 saturated carbocycles. The molecular formula is C23H27Cl3N4O2S. The molecule has 1 aliphatic rings. The zero-order chi connectivity index (χ0) is 22.6. The first kappa shape index (κ1) is 26.0. The summed E-state index contributed by atoms with van der Waals surface area (Å²) in [6.07, 6.45) is 3.12. The van der Waals surface area contributed by atoms with Crippen molar-refractivity contribution < 1.29 is 8.42 Å². The SMILES string of the molecule is Cl.O=S(=O)(NCCCCN1CCN(c2cccc(Cl)c2Cl)CC1)c1cnc2ccccc2c1. The first-order valence-electron chi connectivity index (χ1n) is 10.7. The van der Waals surface area contributed by atoms with Crippen molar-refractivity contribution in [3.05, 3.63) is 64.8 Å². The van der Waals surface area contributed by atoms with Gasteiger partial charge >= 0.3 is 0 Å². The fraction of sp³-hybridized carbons (Fsp3) is 0.348. The summed E-state index contributed by atoms with van der Waals surface area (Å²) in [6.45, 7) is 5.02. The van der Waals surface area contributed by atoms with E-state index in [0.717, 1.165) is 62.2 Å². The molecule has 1 aromatic heterocycles. The summed E-state index contributed by atoms with van der Waals surface area (Å²) in [7, 11) is -3.56. The van der Waals surface area contributed by atoms with Gasteiger partial charge in [-0.15, -0.1) is 12.4 Å². The molecule has 2 aromatic carbocycles. The van der Waals surface area contributed by atoms with Crippen LogP contribution in [0.2, 0.25) is 10.0 Å². The maximum absolute atomic E-state index is 12.6. The van der Waals surface area contributed by atoms with Crippen LogP contribution in [0.1, 0.15) is 12.8 Å². The molecule has 1 saturated heterocycles. The summed E-state index contributed by atoms with van der Waals surface area (Å²) >= 11 is 12.5. The Labute approximate surface area is 211 Å². The van der Waals surface area contributed by atoms with Crippen LogP contribution in [0, 0.1) is 0 Å². The van der Waals surface area contributed by atoms with E-state index in [1.165, 1.54) is 6.20 Å². The van der Waals surface area contributed by atoms with E-state index in [9.17, 15) is 8.42 Å². The Balaban J connectivity index is 0.00000306. The van der Waals surface area contributed by atoms with Gasteiger partial charge in [0.2, 0.25) is 10.0 Å². The Morgan fingerprint density at radius 3 is 2.52 bits per heavy atom. The fourth-order valence-corrected chi connectivity index (χ4v) is 5.37. The number of benzene rings is 2. The second-order valence-corrected chi connectivity index (χ2v) is 10.4. The number of nitrogens with one attached hydrogen (secondary N) is 1. The molecule has 1 fully saturated rings. The lowest BCUT2D eigenvalue weighted by atomic mass is 10.2. The first-order valence-corrected chi connectivity index (χ1v) is 12.9. The average Bonchev–Trinajstić information content (AvgIpc) is 2.81. The second kappa shape index (κ2) is 11.7. The highest BCUT2D eigenvalue weighted by molar-refractivity contribution is 7.89. The zero-order valence-corrected chi connectivity index (χ0v) is 21.2. The Kier molecular flexibility index (Phi) is 9.21. The Morgan fingerprint density at radius 1 is 0.970 bits per heavy atom. The van der Waals surface area contributed by atoms with Gasteiger partial charge in [0.25, 0.3) is 0 Å². The molecule has 178 valence electrons. The predicted molar refractivity (Wildman–Crippen MR) is 139 cm³/mol. The van der Waals surface area contributed by atoms with Gasteiger partial charge < -0.3 is 4.90 Å². The number of hydrogen-bond acceptors (Lipinski definition) is 5. The number of pyridine rings is 1. The highest BCUT2D eigenvalue weighted by Gasteiger charge is 2.20. The summed E-state index contributed by atoms with van der Waals surface area (Å²) in [4.78, 5) is 9.11. The smallest absolute Gasteiger partial charge is 0.242 e. The molecule has 0 unspecified atom stereocenters. The van der Waals surface area contributed by atoms with Crippen LogP contribution < -0.4 is 9.62 Å². The molecule has 4 rings (SSSR count). The minimum absolute atomic E-state index is 0. The molecule has 0 radical (unpaired) electrons. The summed E-state index contributed by atoms with van der Waals surface area (Å²) in [6, 6.07) is 14.9. The van der Waals surface area contributed by atoms with Crippen LogP contribution in [0.4, 0.5) is 5.69 Å². The first-order chi connectivity index (χ1) is 15.4. The molecular weight excluding hydrogens is 503 g/mol. The van der Waals surface area contributed by atoms with Crippen LogP contribution in [0.3, 0.4) is 0 Å². The summed E-state index contributed by atoms with van der Waals surface area (Å²) in [5.74, 6) is 0. The maximum atomic E-state index is 12.6. The van der Waals surface area contributed by atoms with Gasteiger partial charge in [-0.1, -0.05) is 47.5 Å². The molecule has 0 bridgehead atoms. The minimum atomic E-state index is -3.56. The third kappa shape index (κ3) is 6.50. The van der Waals surface area contributed by atoms with Gasteiger partial charge in [-0.3, -0.25) is 9.88 Å². The third-order valence-corrected chi connectivity index (χ3v) is 7.95. The third-order valence-electron chi connectivity index (χ3n) is 5.71. The molecule has 1 aliphatic heterocycles. The van der Waals surface area contributed by atoms with Crippen molar-refractivity contribution in [3.8, 4) is 0 Å². The molecule has 0 atom stereocenters. The van der Waals surface area contributed by atoms with Crippen molar-refractivity contribution in [2.45, 2.75) is 17.7 Å². The van der Waals surface area contributed by atoms with Crippen molar-refractivity contribution in [2.24, 2.45) is 0 Å². The van der Waals surface area contributed by atoms with Crippen LogP contribution >= 0.6 is 35.6 Å². The van der Waals surface area contributed by atoms with Crippen LogP contribution in [0.25, 0.3) is 10.9 Å². The van der Waals surface area contributed by atoms with Crippen molar-refractivity contribution in [1.82, 2.24) is 14.6 Å². The van der Waals surface area contributed by atoms with E-state index >= 15 is 0 Å². The van der Waals surface area contributed by atoms with Crippen LogP contribution in [0.15, 0.2) is 59.6 Å². The number of piperazine rings is 1. The number of sulfonamides is 1. The van der Waals surface area contributed by atoms with Gasteiger partial charge in [0, 0.05) is 44.3 Å². The summed E-state index contributed by atoms with van der Waals surface area (Å²) in [5, 5.41) is 2.00. The molecule has 2 heterocycles. The lowest BCUT2D eigenvalue weighted by molar-refractivity contribution is 0.253. The van der Waals surface area contributed by atoms with E-state index in [4.69, 9.17) is 23.2 Å². The lowest BCUT2D eigenvalue weighted by Gasteiger charge is -2.36. The van der Waals surface area contributed by atoms with Crippen LogP contribution in [-0.4, -0.2) is 57.6 Å². The largest absolute Gasteiger partial charge is 0.368 e. The number of fused-ring (bicyclic) bond motifs is 1. The minimum Gasteiger partial charge on any atom is -0.368 e. The standard InChI is InChI=1S/C23H26Cl2N4O2S.ClH/c24-20-7-5-9-22(23(20)25)29-14-12-28(13-15-29)11-4-3-10-27-32(30,31)19-16-18-6-1-2-8-21(18)26-17-19;/h1-2,5-9,16-17,27H,3-4,10-15H2;1H. The lowest BCUT2D eigenvalue weighted by Crippen LogP contribution is -2.46. The number of hydrogen-bond donors (Lipinski definition) is 1. The van der Waals surface area contributed by atoms with E-state index < -0.39 is 10.0 Å². The number of halogens is 3. The van der Waals surface area contributed by atoms with Gasteiger partial charge in [-0.25, -0.2) is 13.1 Å². The highest BCUT2D eigenvalue weighted by atomic mass is 35.5. The Morgan fingerprint density at radius 2 is 1.73 bits per heavy atom. The van der Waals surface area contributed by atoms with Crippen molar-refractivity contribution >= 4 is 62.2 Å². The molecule has 3 aromatic rings. The van der Waals surface area contributed by atoms with Crippen molar-refractivity contribution in [3.63, 3.8) is 0 Å². The number of rotatable bonds is 8. The quantitative estimate of drug-likeness (QED) is 0.423. The predicted octanol–water partition coefficient (Wildman–Crippen LogP) is 4.84. The normalized spacial score (nSPS) is 14.9. The molecule has 0 spiro atoms.